The zero-order valence-corrected chi connectivity index (χ0v) is 19.0. The van der Waals surface area contributed by atoms with E-state index in [1.54, 1.807) is 7.11 Å². The van der Waals surface area contributed by atoms with Crippen molar-refractivity contribution in [3.8, 4) is 17.0 Å². The monoisotopic (exact) mass is 465 g/mol. The fourth-order valence-corrected chi connectivity index (χ4v) is 5.84. The van der Waals surface area contributed by atoms with Gasteiger partial charge in [0.25, 0.3) is 0 Å². The Kier molecular flexibility index (Phi) is 5.55. The number of fused-ring (bicyclic) bond motifs is 1. The molecule has 33 heavy (non-hydrogen) atoms. The number of nitrogens with zero attached hydrogens (tertiary/aromatic N) is 4. The second kappa shape index (κ2) is 8.16. The number of halogens is 3. The number of hydrogen-bond acceptors (Lipinski definition) is 6. The van der Waals surface area contributed by atoms with Gasteiger partial charge >= 0.3 is 6.36 Å². The molecule has 0 spiro atoms. The molecule has 5 atom stereocenters. The molecule has 7 nitrogen and oxygen atoms in total. The summed E-state index contributed by atoms with van der Waals surface area (Å²) in [6, 6.07) is 4.02. The van der Waals surface area contributed by atoms with E-state index in [9.17, 15) is 13.2 Å². The van der Waals surface area contributed by atoms with Crippen molar-refractivity contribution in [2.24, 2.45) is 11.8 Å². The molecule has 3 aliphatic rings. The predicted molar refractivity (Wildman–Crippen MR) is 117 cm³/mol. The summed E-state index contributed by atoms with van der Waals surface area (Å²) in [4.78, 5) is 6.47. The third kappa shape index (κ3) is 4.30. The van der Waals surface area contributed by atoms with Gasteiger partial charge in [-0.1, -0.05) is 0 Å². The minimum absolute atomic E-state index is 0.138. The molecule has 1 saturated heterocycles. The van der Waals surface area contributed by atoms with E-state index in [1.807, 2.05) is 10.7 Å². The summed E-state index contributed by atoms with van der Waals surface area (Å²) >= 11 is 0. The number of likely N-dealkylation sites (tertiary alicyclic amines) is 1. The number of methoxy groups -OCH3 is 1. The zero-order valence-electron chi connectivity index (χ0n) is 19.0. The van der Waals surface area contributed by atoms with E-state index in [0.717, 1.165) is 25.2 Å². The summed E-state index contributed by atoms with van der Waals surface area (Å²) in [6.45, 7) is 6.26. The highest BCUT2D eigenvalue weighted by molar-refractivity contribution is 5.64. The van der Waals surface area contributed by atoms with E-state index in [4.69, 9.17) is 15.6 Å². The maximum Gasteiger partial charge on any atom is 0.573 e. The van der Waals surface area contributed by atoms with Crippen LogP contribution in [0.3, 0.4) is 0 Å². The maximum atomic E-state index is 12.7. The maximum absolute atomic E-state index is 12.7. The number of alkyl halides is 3. The van der Waals surface area contributed by atoms with Gasteiger partial charge in [0.1, 0.15) is 0 Å². The Morgan fingerprint density at radius 2 is 1.91 bits per heavy atom. The predicted octanol–water partition coefficient (Wildman–Crippen LogP) is 4.22. The van der Waals surface area contributed by atoms with Crippen molar-refractivity contribution >= 4 is 5.82 Å². The molecule has 0 aromatic carbocycles. The van der Waals surface area contributed by atoms with E-state index in [0.29, 0.717) is 41.2 Å². The van der Waals surface area contributed by atoms with Gasteiger partial charge in [-0.15, -0.1) is 13.2 Å². The molecule has 3 fully saturated rings. The number of nitrogens with two attached hydrogens (primary N) is 1. The number of aromatic nitrogens is 3. The minimum atomic E-state index is -4.84. The van der Waals surface area contributed by atoms with E-state index in [2.05, 4.69) is 28.5 Å². The lowest BCUT2D eigenvalue weighted by atomic mass is 10.0. The number of pyridine rings is 1. The average molecular weight is 466 g/mol. The van der Waals surface area contributed by atoms with Gasteiger partial charge in [0, 0.05) is 55.7 Å². The smallest absolute Gasteiger partial charge is 0.402 e. The van der Waals surface area contributed by atoms with Gasteiger partial charge in [0.15, 0.2) is 11.6 Å². The van der Waals surface area contributed by atoms with Crippen LogP contribution in [0.5, 0.6) is 5.75 Å². The molecule has 0 amide bonds. The lowest BCUT2D eigenvalue weighted by Crippen LogP contribution is -2.33. The molecule has 3 heterocycles. The molecule has 5 rings (SSSR count). The van der Waals surface area contributed by atoms with Crippen LogP contribution in [0.2, 0.25) is 0 Å². The van der Waals surface area contributed by atoms with Crippen LogP contribution in [-0.4, -0.2) is 58.4 Å². The van der Waals surface area contributed by atoms with Crippen LogP contribution >= 0.6 is 0 Å². The molecule has 2 N–H and O–H groups in total. The molecule has 2 aromatic rings. The molecule has 10 heteroatoms. The molecule has 0 unspecified atom stereocenters. The molecule has 2 aromatic heterocycles. The first-order valence-corrected chi connectivity index (χ1v) is 11.5. The summed E-state index contributed by atoms with van der Waals surface area (Å²) < 4.78 is 49.7. The van der Waals surface area contributed by atoms with E-state index in [1.165, 1.54) is 25.1 Å². The summed E-state index contributed by atoms with van der Waals surface area (Å²) in [5.41, 5.74) is 7.78. The quantitative estimate of drug-likeness (QED) is 0.688. The lowest BCUT2D eigenvalue weighted by Gasteiger charge is -2.26. The van der Waals surface area contributed by atoms with Crippen molar-refractivity contribution in [3.63, 3.8) is 0 Å². The number of ether oxygens (including phenoxy) is 2. The molecular formula is C23H30F3N5O2. The fourth-order valence-electron chi connectivity index (χ4n) is 5.84. The van der Waals surface area contributed by atoms with Crippen LogP contribution in [0.1, 0.15) is 50.8 Å². The van der Waals surface area contributed by atoms with E-state index in [-0.39, 0.29) is 11.9 Å². The number of hydrogen-bond donors (Lipinski definition) is 1. The highest BCUT2D eigenvalue weighted by Gasteiger charge is 2.59. The first-order chi connectivity index (χ1) is 15.6. The third-order valence-electron chi connectivity index (χ3n) is 7.44. The lowest BCUT2D eigenvalue weighted by molar-refractivity contribution is -0.274. The van der Waals surface area contributed by atoms with Gasteiger partial charge in [-0.2, -0.15) is 5.10 Å². The number of nitrogen functional groups attached to an aromatic ring is 1. The van der Waals surface area contributed by atoms with Crippen LogP contribution in [0, 0.1) is 11.8 Å². The van der Waals surface area contributed by atoms with Crippen LogP contribution < -0.4 is 10.5 Å². The number of rotatable bonds is 6. The molecular weight excluding hydrogens is 435 g/mol. The van der Waals surface area contributed by atoms with Gasteiger partial charge in [-0.3, -0.25) is 9.58 Å². The van der Waals surface area contributed by atoms with Crippen LogP contribution in [0.4, 0.5) is 19.0 Å². The Bertz CT molecular complexity index is 1010. The molecule has 1 aliphatic heterocycles. The van der Waals surface area contributed by atoms with Crippen LogP contribution in [-0.2, 0) is 4.74 Å². The second-order valence-corrected chi connectivity index (χ2v) is 9.77. The largest absolute Gasteiger partial charge is 0.573 e. The normalized spacial score (nSPS) is 29.6. The Morgan fingerprint density at radius 1 is 1.18 bits per heavy atom. The standard InChI is InChI=1S/C23H30F3N5O2/c1-12(2)31-19(21-16-7-14(8-17(16)21)30-5-4-15(11-30)32-3)9-18(29-31)13-6-20(22(27)28-10-13)33-23(24,25)26/h6,9-10,12,14-17,21H,4-5,7-8,11H2,1-3H3,(H2,27,28)/t14-,15-,16+,17-,21-/m1/s1. The summed E-state index contributed by atoms with van der Waals surface area (Å²) in [5.74, 6) is 0.893. The van der Waals surface area contributed by atoms with Crippen molar-refractivity contribution in [2.45, 2.75) is 63.6 Å². The Morgan fingerprint density at radius 3 is 2.52 bits per heavy atom. The Balaban J connectivity index is 1.34. The van der Waals surface area contributed by atoms with Crippen molar-refractivity contribution in [3.05, 3.63) is 24.0 Å². The Hall–Kier alpha value is -2.33. The summed E-state index contributed by atoms with van der Waals surface area (Å²) in [6.07, 6.45) is 0.415. The van der Waals surface area contributed by atoms with Gasteiger partial charge in [0.2, 0.25) is 0 Å². The highest BCUT2D eigenvalue weighted by Crippen LogP contribution is 2.64. The third-order valence-corrected chi connectivity index (χ3v) is 7.44. The van der Waals surface area contributed by atoms with Crippen LogP contribution in [0.15, 0.2) is 18.3 Å². The molecule has 0 radical (unpaired) electrons. The highest BCUT2D eigenvalue weighted by atomic mass is 19.4. The molecule has 0 bridgehead atoms. The van der Waals surface area contributed by atoms with Gasteiger partial charge < -0.3 is 15.2 Å². The fraction of sp³-hybridized carbons (Fsp3) is 0.652. The van der Waals surface area contributed by atoms with Crippen molar-refractivity contribution in [2.75, 3.05) is 25.9 Å². The second-order valence-electron chi connectivity index (χ2n) is 9.77. The number of anilines is 1. The van der Waals surface area contributed by atoms with Crippen molar-refractivity contribution in [1.82, 2.24) is 19.7 Å². The van der Waals surface area contributed by atoms with Crippen molar-refractivity contribution < 1.29 is 22.6 Å². The summed E-state index contributed by atoms with van der Waals surface area (Å²) in [7, 11) is 1.79. The average Bonchev–Trinajstić information content (AvgIpc) is 3.23. The zero-order chi connectivity index (χ0) is 23.5. The topological polar surface area (TPSA) is 78.4 Å². The molecule has 2 aliphatic carbocycles. The van der Waals surface area contributed by atoms with Gasteiger partial charge in [-0.05, 0) is 57.1 Å². The summed E-state index contributed by atoms with van der Waals surface area (Å²) in [5, 5.41) is 4.73. The van der Waals surface area contributed by atoms with Gasteiger partial charge in [0.05, 0.1) is 11.8 Å². The van der Waals surface area contributed by atoms with Crippen LogP contribution in [0.25, 0.3) is 11.3 Å². The van der Waals surface area contributed by atoms with E-state index >= 15 is 0 Å². The molecule has 180 valence electrons. The van der Waals surface area contributed by atoms with E-state index < -0.39 is 12.1 Å². The first-order valence-electron chi connectivity index (χ1n) is 11.5. The first kappa shape index (κ1) is 22.5. The molecule has 2 saturated carbocycles. The SMILES string of the molecule is CO[C@@H]1CCN([C@H]2C[C@@H]3[C@H](C2)[C@H]3c2cc(-c3cnc(N)c(OC(F)(F)F)c3)nn2C(C)C)C1. The Labute approximate surface area is 191 Å². The minimum Gasteiger partial charge on any atom is -0.402 e. The van der Waals surface area contributed by atoms with Crippen molar-refractivity contribution in [1.29, 1.82) is 0 Å². The van der Waals surface area contributed by atoms with Gasteiger partial charge in [-0.25, -0.2) is 4.98 Å².